The van der Waals surface area contributed by atoms with Crippen molar-refractivity contribution in [2.45, 2.75) is 26.4 Å². The van der Waals surface area contributed by atoms with Crippen LogP contribution < -0.4 is 20.9 Å². The zero-order valence-corrected chi connectivity index (χ0v) is 30.7. The van der Waals surface area contributed by atoms with Crippen LogP contribution in [-0.2, 0) is 14.2 Å². The second-order valence-corrected chi connectivity index (χ2v) is 15.4. The molecule has 0 spiro atoms. The predicted octanol–water partition coefficient (Wildman–Crippen LogP) is 8.53. The lowest BCUT2D eigenvalue weighted by Gasteiger charge is -2.28. The van der Waals surface area contributed by atoms with E-state index in [2.05, 4.69) is 97.9 Å². The van der Waals surface area contributed by atoms with Crippen LogP contribution in [0.4, 0.5) is 26.4 Å². The minimum atomic E-state index is -0.540. The molecule has 0 bridgehead atoms. The summed E-state index contributed by atoms with van der Waals surface area (Å²) in [6.07, 6.45) is -0.490. The molecule has 3 N–H and O–H groups in total. The van der Waals surface area contributed by atoms with E-state index in [4.69, 9.17) is 19.9 Å². The molecule has 51 heavy (non-hydrogen) atoms. The Morgan fingerprint density at radius 3 is 1.63 bits per heavy atom. The number of nitrogens with two attached hydrogens (primary N) is 1. The standard InChI is InChI=1S/C22H25N3O3S.C17H17N3OS/c1-22(2,3)28-21(26)24-20-23-18-9-6-16(14-19(18)29-20)15-4-7-17(8-5-15)25-10-12-27-13-11-25;18-17-19-15-6-3-13(11-16(15)22-17)12-1-4-14(5-2-12)20-7-9-21-10-8-20/h4-9,14H,10-13H2,1-3H3,(H,23,24,26);1-6,11H,7-10H2,(H2,18,19). The average Bonchev–Trinajstić information content (AvgIpc) is 3.72. The summed E-state index contributed by atoms with van der Waals surface area (Å²) in [6, 6.07) is 29.8. The van der Waals surface area contributed by atoms with Crippen LogP contribution >= 0.6 is 22.7 Å². The lowest BCUT2D eigenvalue weighted by atomic mass is 10.0. The van der Waals surface area contributed by atoms with Crippen LogP contribution in [0.1, 0.15) is 20.8 Å². The second kappa shape index (κ2) is 15.2. The number of aromatic nitrogens is 2. The summed E-state index contributed by atoms with van der Waals surface area (Å²) in [6.45, 7) is 12.5. The predicted molar refractivity (Wildman–Crippen MR) is 210 cm³/mol. The number of hydrogen-bond acceptors (Lipinski definition) is 11. The Bertz CT molecular complexity index is 2100. The number of benzene rings is 4. The van der Waals surface area contributed by atoms with Crippen molar-refractivity contribution in [1.82, 2.24) is 9.97 Å². The van der Waals surface area contributed by atoms with E-state index in [1.54, 1.807) is 0 Å². The Morgan fingerprint density at radius 2 is 1.14 bits per heavy atom. The molecule has 264 valence electrons. The summed E-state index contributed by atoms with van der Waals surface area (Å²) in [5.41, 5.74) is 14.2. The molecule has 4 heterocycles. The lowest BCUT2D eigenvalue weighted by molar-refractivity contribution is 0.0636. The van der Waals surface area contributed by atoms with Crippen LogP contribution in [0.5, 0.6) is 0 Å². The average molecular weight is 723 g/mol. The van der Waals surface area contributed by atoms with Gasteiger partial charge in [-0.3, -0.25) is 5.32 Å². The highest BCUT2D eigenvalue weighted by atomic mass is 32.1. The van der Waals surface area contributed by atoms with Crippen LogP contribution in [0.25, 0.3) is 42.7 Å². The van der Waals surface area contributed by atoms with Crippen LogP contribution in [-0.4, -0.2) is 74.3 Å². The number of carbonyl (C=O) groups excluding carboxylic acids is 1. The van der Waals surface area contributed by atoms with Crippen molar-refractivity contribution in [1.29, 1.82) is 0 Å². The fourth-order valence-electron chi connectivity index (χ4n) is 6.04. The molecule has 2 aromatic heterocycles. The molecule has 0 saturated carbocycles. The van der Waals surface area contributed by atoms with E-state index in [1.165, 1.54) is 45.2 Å². The van der Waals surface area contributed by atoms with E-state index in [9.17, 15) is 4.79 Å². The minimum absolute atomic E-state index is 0.490. The maximum absolute atomic E-state index is 12.0. The van der Waals surface area contributed by atoms with Gasteiger partial charge in [-0.15, -0.1) is 0 Å². The van der Waals surface area contributed by atoms with Crippen LogP contribution in [0.15, 0.2) is 84.9 Å². The van der Waals surface area contributed by atoms with Crippen LogP contribution in [0.3, 0.4) is 0 Å². The number of rotatable bonds is 5. The first-order chi connectivity index (χ1) is 24.7. The lowest BCUT2D eigenvalue weighted by Crippen LogP contribution is -2.36. The van der Waals surface area contributed by atoms with Gasteiger partial charge in [-0.1, -0.05) is 59.1 Å². The summed E-state index contributed by atoms with van der Waals surface area (Å²) >= 11 is 2.97. The zero-order chi connectivity index (χ0) is 35.4. The van der Waals surface area contributed by atoms with E-state index in [0.29, 0.717) is 10.3 Å². The maximum atomic E-state index is 12.0. The number of nitrogens with zero attached hydrogens (tertiary/aromatic N) is 4. The van der Waals surface area contributed by atoms with Gasteiger partial charge >= 0.3 is 6.09 Å². The number of anilines is 4. The molecule has 2 saturated heterocycles. The number of amides is 1. The van der Waals surface area contributed by atoms with E-state index in [1.807, 2.05) is 32.9 Å². The van der Waals surface area contributed by atoms with Gasteiger partial charge in [0.1, 0.15) is 5.60 Å². The third-order valence-electron chi connectivity index (χ3n) is 8.56. The number of morpholine rings is 2. The summed E-state index contributed by atoms with van der Waals surface area (Å²) in [5.74, 6) is 0. The van der Waals surface area contributed by atoms with Gasteiger partial charge in [0.15, 0.2) is 10.3 Å². The van der Waals surface area contributed by atoms with E-state index in [0.717, 1.165) is 84.2 Å². The van der Waals surface area contributed by atoms with Gasteiger partial charge in [0.05, 0.1) is 46.9 Å². The highest BCUT2D eigenvalue weighted by molar-refractivity contribution is 7.22. The SMILES string of the molecule is CC(C)(C)OC(=O)Nc1nc2ccc(-c3ccc(N4CCOCC4)cc3)cc2s1.Nc1nc2ccc(-c3ccc(N4CCOCC4)cc3)cc2s1. The molecule has 1 amide bonds. The molecule has 2 aliphatic rings. The number of fused-ring (bicyclic) bond motifs is 2. The molecule has 8 rings (SSSR count). The maximum Gasteiger partial charge on any atom is 0.413 e. The summed E-state index contributed by atoms with van der Waals surface area (Å²) in [5, 5.41) is 3.88. The molecular weight excluding hydrogens is 681 g/mol. The molecule has 0 radical (unpaired) electrons. The van der Waals surface area contributed by atoms with Crippen LogP contribution in [0, 0.1) is 0 Å². The largest absolute Gasteiger partial charge is 0.444 e. The highest BCUT2D eigenvalue weighted by Gasteiger charge is 2.18. The fourth-order valence-corrected chi connectivity index (χ4v) is 7.71. The molecule has 4 aromatic carbocycles. The number of thiazole rings is 2. The van der Waals surface area contributed by atoms with Gasteiger partial charge in [0, 0.05) is 37.6 Å². The van der Waals surface area contributed by atoms with Crippen molar-refractivity contribution in [3.05, 3.63) is 84.9 Å². The first-order valence-corrected chi connectivity index (χ1v) is 18.7. The van der Waals surface area contributed by atoms with Gasteiger partial charge in [0.2, 0.25) is 0 Å². The van der Waals surface area contributed by atoms with Crippen LogP contribution in [0.2, 0.25) is 0 Å². The first kappa shape index (κ1) is 34.7. The Kier molecular flexibility index (Phi) is 10.4. The molecule has 0 aliphatic carbocycles. The molecule has 2 fully saturated rings. The van der Waals surface area contributed by atoms with E-state index in [-0.39, 0.29) is 0 Å². The van der Waals surface area contributed by atoms with Crippen molar-refractivity contribution >= 4 is 70.8 Å². The Hall–Kier alpha value is -4.75. The molecule has 0 atom stereocenters. The van der Waals surface area contributed by atoms with Gasteiger partial charge in [-0.05, 0) is 91.6 Å². The third kappa shape index (κ3) is 8.77. The molecule has 10 nitrogen and oxygen atoms in total. The van der Waals surface area contributed by atoms with Crippen molar-refractivity contribution in [3.8, 4) is 22.3 Å². The van der Waals surface area contributed by atoms with E-state index < -0.39 is 11.7 Å². The summed E-state index contributed by atoms with van der Waals surface area (Å²) in [4.78, 5) is 25.5. The first-order valence-electron chi connectivity index (χ1n) is 17.1. The normalized spacial score (nSPS) is 15.0. The minimum Gasteiger partial charge on any atom is -0.444 e. The van der Waals surface area contributed by atoms with Gasteiger partial charge < -0.3 is 29.7 Å². The van der Waals surface area contributed by atoms with Gasteiger partial charge in [-0.2, -0.15) is 0 Å². The molecule has 2 aliphatic heterocycles. The van der Waals surface area contributed by atoms with Crippen molar-refractivity contribution in [2.24, 2.45) is 0 Å². The molecule has 0 unspecified atom stereocenters. The Balaban J connectivity index is 0.000000165. The Morgan fingerprint density at radius 1 is 0.686 bits per heavy atom. The molecule has 6 aromatic rings. The number of carbonyl (C=O) groups is 1. The van der Waals surface area contributed by atoms with Gasteiger partial charge in [0.25, 0.3) is 0 Å². The topological polar surface area (TPSA) is 115 Å². The summed E-state index contributed by atoms with van der Waals surface area (Å²) < 4.78 is 18.3. The smallest absolute Gasteiger partial charge is 0.413 e. The van der Waals surface area contributed by atoms with Crippen molar-refractivity contribution in [2.75, 3.05) is 73.5 Å². The fraction of sp³-hybridized carbons (Fsp3) is 0.308. The third-order valence-corrected chi connectivity index (χ3v) is 10.3. The second-order valence-electron chi connectivity index (χ2n) is 13.4. The number of hydrogen-bond donors (Lipinski definition) is 2. The molecule has 12 heteroatoms. The quantitative estimate of drug-likeness (QED) is 0.181. The monoisotopic (exact) mass is 722 g/mol. The van der Waals surface area contributed by atoms with Crippen molar-refractivity contribution in [3.63, 3.8) is 0 Å². The van der Waals surface area contributed by atoms with Crippen molar-refractivity contribution < 1.29 is 19.0 Å². The summed E-state index contributed by atoms with van der Waals surface area (Å²) in [7, 11) is 0. The molecular formula is C39H42N6O4S2. The number of nitrogens with one attached hydrogen (secondary N) is 1. The number of nitrogen functional groups attached to an aromatic ring is 1. The van der Waals surface area contributed by atoms with E-state index >= 15 is 0 Å². The Labute approximate surface area is 305 Å². The number of ether oxygens (including phenoxy) is 3. The van der Waals surface area contributed by atoms with Gasteiger partial charge in [-0.25, -0.2) is 14.8 Å². The zero-order valence-electron chi connectivity index (χ0n) is 29.1. The highest BCUT2D eigenvalue weighted by Crippen LogP contribution is 2.33.